The van der Waals surface area contributed by atoms with Gasteiger partial charge in [-0.2, -0.15) is 5.48 Å². The summed E-state index contributed by atoms with van der Waals surface area (Å²) in [5.41, 5.74) is 6.95. The van der Waals surface area contributed by atoms with Crippen LogP contribution < -0.4 is 16.1 Å². The van der Waals surface area contributed by atoms with Crippen LogP contribution in [0.25, 0.3) is 0 Å². The van der Waals surface area contributed by atoms with Crippen LogP contribution in [0.15, 0.2) is 109 Å². The predicted octanol–water partition coefficient (Wildman–Crippen LogP) is 4.58. The molecule has 4 aromatic rings. The smallest absolute Gasteiger partial charge is 0.410 e. The molecule has 0 aromatic heterocycles. The zero-order valence-corrected chi connectivity index (χ0v) is 33.9. The standard InChI is InChI=1S/C25H32N4O4.C20H18O8/c30-24(23-12-11-21(15-26-23)28-33-18-20-9-5-2-6-10-20)27-22-13-14-29(16-22)25(31)32-17-19-7-3-1-4-8-19;1-11-3-7-13(8-4-11)19(25)27-15(17(21)22)16(18(23)24)28-20(26)14-9-5-12(2)6-10-14/h1-10,21-23,26,28H,11-18H2,(H,27,30);3-10,15-16H,1-2H3,(H,21,22)(H,23,24)/t21-,22?,23?;15-,16-/m01/s1. The molecule has 4 aromatic carbocycles. The monoisotopic (exact) mass is 838 g/mol. The Labute approximate surface area is 353 Å². The number of carboxylic acid groups (broad SMARTS) is 2. The summed E-state index contributed by atoms with van der Waals surface area (Å²) in [5, 5.41) is 25.0. The largest absolute Gasteiger partial charge is 0.478 e. The summed E-state index contributed by atoms with van der Waals surface area (Å²) in [4.78, 5) is 79.6. The number of hydrogen-bond acceptors (Lipinski definition) is 12. The summed E-state index contributed by atoms with van der Waals surface area (Å²) < 4.78 is 15.0. The summed E-state index contributed by atoms with van der Waals surface area (Å²) in [6.07, 6.45) is -2.47. The normalized spacial score (nSPS) is 18.0. The highest BCUT2D eigenvalue weighted by Crippen LogP contribution is 2.16. The molecule has 0 bridgehead atoms. The van der Waals surface area contributed by atoms with Gasteiger partial charge in [0.05, 0.1) is 23.8 Å². The lowest BCUT2D eigenvalue weighted by Gasteiger charge is -2.30. The highest BCUT2D eigenvalue weighted by molar-refractivity contribution is 5.95. The molecule has 2 fully saturated rings. The van der Waals surface area contributed by atoms with Gasteiger partial charge in [-0.05, 0) is 68.5 Å². The van der Waals surface area contributed by atoms with Gasteiger partial charge < -0.3 is 40.0 Å². The van der Waals surface area contributed by atoms with Gasteiger partial charge in [0, 0.05) is 31.7 Å². The molecule has 2 unspecified atom stereocenters. The lowest BCUT2D eigenvalue weighted by Crippen LogP contribution is -2.55. The van der Waals surface area contributed by atoms with Gasteiger partial charge in [0.25, 0.3) is 0 Å². The molecule has 2 saturated heterocycles. The highest BCUT2D eigenvalue weighted by atomic mass is 16.6. The Hall–Kier alpha value is -6.62. The molecular weight excluding hydrogens is 789 g/mol. The SMILES string of the molecule is Cc1ccc(C(=O)O[C@@H](C(=O)O)[C@@H](OC(=O)c2ccc(C)cc2)C(=O)O)cc1.O=C(NC1CCN(C(=O)OCc2ccccc2)C1)C1CC[C@H](NOCc2ccccc2)CN1. The second-order valence-corrected chi connectivity index (χ2v) is 14.7. The number of piperidine rings is 1. The third kappa shape index (κ3) is 14.3. The molecule has 0 aliphatic carbocycles. The number of carbonyl (C=O) groups excluding carboxylic acids is 4. The first kappa shape index (κ1) is 45.5. The number of benzene rings is 4. The molecule has 6 rings (SSSR count). The van der Waals surface area contributed by atoms with E-state index in [1.54, 1.807) is 43.0 Å². The van der Waals surface area contributed by atoms with Crippen LogP contribution in [0, 0.1) is 13.8 Å². The molecule has 16 heteroatoms. The van der Waals surface area contributed by atoms with E-state index >= 15 is 0 Å². The summed E-state index contributed by atoms with van der Waals surface area (Å²) >= 11 is 0. The summed E-state index contributed by atoms with van der Waals surface area (Å²) in [5.74, 6) is -5.63. The quantitative estimate of drug-likeness (QED) is 0.0629. The Morgan fingerprint density at radius 3 is 1.66 bits per heavy atom. The van der Waals surface area contributed by atoms with Crippen molar-refractivity contribution < 1.29 is 58.0 Å². The minimum absolute atomic E-state index is 0.0110. The van der Waals surface area contributed by atoms with E-state index in [2.05, 4.69) is 16.1 Å². The summed E-state index contributed by atoms with van der Waals surface area (Å²) in [7, 11) is 0. The second kappa shape index (κ2) is 22.7. The number of amides is 2. The van der Waals surface area contributed by atoms with Gasteiger partial charge in [-0.25, -0.2) is 24.0 Å². The molecule has 322 valence electrons. The maximum absolute atomic E-state index is 12.7. The number of esters is 2. The Morgan fingerprint density at radius 2 is 1.18 bits per heavy atom. The molecule has 2 aliphatic heterocycles. The Bertz CT molecular complexity index is 2000. The Balaban J connectivity index is 0.000000234. The minimum atomic E-state index is -2.22. The summed E-state index contributed by atoms with van der Waals surface area (Å²) in [6.45, 7) is 6.07. The molecule has 0 radical (unpaired) electrons. The van der Waals surface area contributed by atoms with Crippen molar-refractivity contribution in [1.82, 2.24) is 21.0 Å². The third-order valence-electron chi connectivity index (χ3n) is 9.86. The van der Waals surface area contributed by atoms with Crippen molar-refractivity contribution in [2.45, 2.75) is 76.7 Å². The zero-order valence-electron chi connectivity index (χ0n) is 33.9. The molecule has 5 N–H and O–H groups in total. The minimum Gasteiger partial charge on any atom is -0.478 e. The van der Waals surface area contributed by atoms with E-state index in [1.807, 2.05) is 60.7 Å². The second-order valence-electron chi connectivity index (χ2n) is 14.7. The number of aryl methyl sites for hydroxylation is 2. The maximum Gasteiger partial charge on any atom is 0.410 e. The first-order chi connectivity index (χ1) is 29.4. The molecule has 5 atom stereocenters. The van der Waals surface area contributed by atoms with E-state index in [0.29, 0.717) is 26.2 Å². The molecular formula is C45H50N4O12. The summed E-state index contributed by atoms with van der Waals surface area (Å²) in [6, 6.07) is 31.6. The van der Waals surface area contributed by atoms with Gasteiger partial charge in [0.2, 0.25) is 18.1 Å². The molecule has 61 heavy (non-hydrogen) atoms. The fourth-order valence-electron chi connectivity index (χ4n) is 6.38. The van der Waals surface area contributed by atoms with Gasteiger partial charge >= 0.3 is 30.0 Å². The van der Waals surface area contributed by atoms with Gasteiger partial charge in [-0.1, -0.05) is 96.1 Å². The topological polar surface area (TPSA) is 219 Å². The number of carbonyl (C=O) groups is 6. The number of nitrogens with zero attached hydrogens (tertiary/aromatic N) is 1. The molecule has 0 spiro atoms. The number of likely N-dealkylation sites (tertiary alicyclic amines) is 1. The number of hydroxylamine groups is 1. The first-order valence-corrected chi connectivity index (χ1v) is 19.8. The van der Waals surface area contributed by atoms with E-state index < -0.39 is 36.1 Å². The third-order valence-corrected chi connectivity index (χ3v) is 9.86. The van der Waals surface area contributed by atoms with Crippen molar-refractivity contribution in [2.75, 3.05) is 19.6 Å². The van der Waals surface area contributed by atoms with Gasteiger partial charge in [0.1, 0.15) is 6.61 Å². The maximum atomic E-state index is 12.7. The van der Waals surface area contributed by atoms with Gasteiger partial charge in [-0.3, -0.25) is 9.63 Å². The Kier molecular flexibility index (Phi) is 16.9. The van der Waals surface area contributed by atoms with Crippen molar-refractivity contribution in [1.29, 1.82) is 0 Å². The van der Waals surface area contributed by atoms with E-state index in [-0.39, 0.29) is 47.9 Å². The average molecular weight is 839 g/mol. The predicted molar refractivity (Wildman–Crippen MR) is 220 cm³/mol. The lowest BCUT2D eigenvalue weighted by atomic mass is 10.0. The van der Waals surface area contributed by atoms with Crippen LogP contribution in [0.2, 0.25) is 0 Å². The fraction of sp³-hybridized carbons (Fsp3) is 0.333. The zero-order chi connectivity index (χ0) is 43.7. The Morgan fingerprint density at radius 1 is 0.672 bits per heavy atom. The van der Waals surface area contributed by atoms with Gasteiger partial charge in [0.15, 0.2) is 0 Å². The van der Waals surface area contributed by atoms with Gasteiger partial charge in [-0.15, -0.1) is 0 Å². The fourth-order valence-corrected chi connectivity index (χ4v) is 6.38. The first-order valence-electron chi connectivity index (χ1n) is 19.8. The van der Waals surface area contributed by atoms with E-state index in [4.69, 9.17) is 19.0 Å². The molecule has 0 saturated carbocycles. The number of aliphatic carboxylic acids is 2. The van der Waals surface area contributed by atoms with Crippen LogP contribution >= 0.6 is 0 Å². The lowest BCUT2D eigenvalue weighted by molar-refractivity contribution is -0.166. The molecule has 2 heterocycles. The van der Waals surface area contributed by atoms with E-state index in [1.165, 1.54) is 24.3 Å². The van der Waals surface area contributed by atoms with E-state index in [0.717, 1.165) is 41.5 Å². The van der Waals surface area contributed by atoms with Crippen molar-refractivity contribution in [3.63, 3.8) is 0 Å². The van der Waals surface area contributed by atoms with Crippen LogP contribution in [-0.2, 0) is 46.6 Å². The van der Waals surface area contributed by atoms with Crippen LogP contribution in [0.1, 0.15) is 62.2 Å². The van der Waals surface area contributed by atoms with Crippen molar-refractivity contribution in [2.24, 2.45) is 0 Å². The van der Waals surface area contributed by atoms with E-state index in [9.17, 15) is 39.0 Å². The molecule has 2 amide bonds. The highest BCUT2D eigenvalue weighted by Gasteiger charge is 2.41. The van der Waals surface area contributed by atoms with Crippen molar-refractivity contribution >= 4 is 35.9 Å². The molecule has 16 nitrogen and oxygen atoms in total. The average Bonchev–Trinajstić information content (AvgIpc) is 3.74. The number of nitrogens with one attached hydrogen (secondary N) is 3. The van der Waals surface area contributed by atoms with Crippen LogP contribution in [0.3, 0.4) is 0 Å². The molecule has 2 aliphatic rings. The number of rotatable bonds is 15. The van der Waals surface area contributed by atoms with Crippen molar-refractivity contribution in [3.05, 3.63) is 143 Å². The van der Waals surface area contributed by atoms with Crippen molar-refractivity contribution in [3.8, 4) is 0 Å². The number of ether oxygens (including phenoxy) is 3. The van der Waals surface area contributed by atoms with Crippen LogP contribution in [-0.4, -0.2) is 101 Å². The number of hydrogen-bond donors (Lipinski definition) is 5. The number of carboxylic acids is 2. The van der Waals surface area contributed by atoms with Crippen LogP contribution in [0.5, 0.6) is 0 Å². The van der Waals surface area contributed by atoms with Crippen LogP contribution in [0.4, 0.5) is 4.79 Å².